The molecule has 2 aromatic carbocycles. The number of amides is 2. The average Bonchev–Trinajstić information content (AvgIpc) is 3.35. The number of ether oxygens (including phenoxy) is 2. The zero-order valence-electron chi connectivity index (χ0n) is 20.3. The fourth-order valence-electron chi connectivity index (χ4n) is 4.21. The molecule has 2 heterocycles. The van der Waals surface area contributed by atoms with Crippen LogP contribution in [0.15, 0.2) is 52.7 Å². The van der Waals surface area contributed by atoms with Crippen molar-refractivity contribution in [2.24, 2.45) is 0 Å². The fourth-order valence-corrected chi connectivity index (χ4v) is 4.21. The first kappa shape index (κ1) is 24.3. The van der Waals surface area contributed by atoms with E-state index >= 15 is 0 Å². The number of urea groups is 1. The van der Waals surface area contributed by atoms with E-state index in [-0.39, 0.29) is 23.6 Å². The van der Waals surface area contributed by atoms with Crippen molar-refractivity contribution in [2.45, 2.75) is 39.2 Å². The summed E-state index contributed by atoms with van der Waals surface area (Å²) in [4.78, 5) is 19.4. The molecule has 3 aromatic rings. The van der Waals surface area contributed by atoms with Gasteiger partial charge in [-0.25, -0.2) is 9.18 Å². The Kier molecular flexibility index (Phi) is 7.33. The quantitative estimate of drug-likeness (QED) is 0.402. The van der Waals surface area contributed by atoms with Crippen LogP contribution >= 0.6 is 0 Å². The summed E-state index contributed by atoms with van der Waals surface area (Å²) in [6.07, 6.45) is 2.92. The minimum Gasteiger partial charge on any atom is -0.493 e. The number of carbonyl (C=O) groups excluding carboxylic acids is 1. The van der Waals surface area contributed by atoms with E-state index < -0.39 is 6.04 Å². The molecule has 8 nitrogen and oxygen atoms in total. The summed E-state index contributed by atoms with van der Waals surface area (Å²) in [6, 6.07) is 10.7. The van der Waals surface area contributed by atoms with E-state index in [1.807, 2.05) is 19.1 Å². The topological polar surface area (TPSA) is 89.7 Å². The van der Waals surface area contributed by atoms with E-state index in [0.717, 1.165) is 30.5 Å². The molecule has 35 heavy (non-hydrogen) atoms. The number of benzene rings is 2. The number of allylic oxidation sites excluding steroid dienone is 1. The maximum atomic E-state index is 13.8. The Morgan fingerprint density at radius 1 is 1.11 bits per heavy atom. The third-order valence-electron chi connectivity index (χ3n) is 6.06. The molecular weight excluding hydrogens is 451 g/mol. The van der Waals surface area contributed by atoms with E-state index in [2.05, 4.69) is 22.4 Å². The first-order valence-corrected chi connectivity index (χ1v) is 11.6. The minimum atomic E-state index is -0.564. The summed E-state index contributed by atoms with van der Waals surface area (Å²) in [5, 5.41) is 7.16. The Morgan fingerprint density at radius 3 is 2.63 bits per heavy atom. The molecule has 0 fully saturated rings. The molecule has 0 bridgehead atoms. The van der Waals surface area contributed by atoms with Crippen molar-refractivity contribution in [3.8, 4) is 22.9 Å². The highest BCUT2D eigenvalue weighted by Gasteiger charge is 2.36. The van der Waals surface area contributed by atoms with Crippen LogP contribution in [0.3, 0.4) is 0 Å². The molecule has 1 N–H and O–H groups in total. The lowest BCUT2D eigenvalue weighted by Crippen LogP contribution is -2.46. The van der Waals surface area contributed by atoms with Gasteiger partial charge in [0.15, 0.2) is 11.5 Å². The Balaban J connectivity index is 1.80. The van der Waals surface area contributed by atoms with E-state index in [0.29, 0.717) is 29.2 Å². The second kappa shape index (κ2) is 10.6. The van der Waals surface area contributed by atoms with Gasteiger partial charge in [0, 0.05) is 17.8 Å². The molecule has 4 rings (SSSR count). The van der Waals surface area contributed by atoms with Crippen LogP contribution in [-0.4, -0.2) is 41.8 Å². The Morgan fingerprint density at radius 2 is 1.91 bits per heavy atom. The molecule has 1 unspecified atom stereocenters. The van der Waals surface area contributed by atoms with Crippen LogP contribution in [0.5, 0.6) is 11.5 Å². The number of methoxy groups -OCH3 is 2. The van der Waals surface area contributed by atoms with Gasteiger partial charge in [-0.05, 0) is 43.2 Å². The first-order valence-electron chi connectivity index (χ1n) is 11.6. The van der Waals surface area contributed by atoms with Gasteiger partial charge in [0.05, 0.1) is 25.8 Å². The van der Waals surface area contributed by atoms with Crippen LogP contribution in [0.25, 0.3) is 17.0 Å². The SMILES string of the molecule is CCCCCN1C(=O)NC(c2ccc(OC)c(OC)c2)C(c2nc(-c3cccc(F)c3)no2)=C1C. The van der Waals surface area contributed by atoms with Crippen molar-refractivity contribution in [1.82, 2.24) is 20.4 Å². The van der Waals surface area contributed by atoms with E-state index in [1.165, 1.54) is 12.1 Å². The summed E-state index contributed by atoms with van der Waals surface area (Å²) in [6.45, 7) is 4.56. The van der Waals surface area contributed by atoms with Crippen LogP contribution in [0.4, 0.5) is 9.18 Å². The average molecular weight is 481 g/mol. The summed E-state index contributed by atoms with van der Waals surface area (Å²) in [5.74, 6) is 1.24. The lowest BCUT2D eigenvalue weighted by atomic mass is 9.94. The van der Waals surface area contributed by atoms with Gasteiger partial charge in [-0.1, -0.05) is 43.1 Å². The number of nitrogens with zero attached hydrogens (tertiary/aromatic N) is 3. The van der Waals surface area contributed by atoms with E-state index in [1.54, 1.807) is 37.3 Å². The van der Waals surface area contributed by atoms with Gasteiger partial charge in [0.1, 0.15) is 5.82 Å². The standard InChI is InChI=1S/C26H29FN4O4/c1-5-6-7-13-31-16(2)22(25-29-24(30-35-25)18-9-8-10-19(27)14-18)23(28-26(31)32)17-11-12-20(33-3)21(15-17)34-4/h8-12,14-15,23H,5-7,13H2,1-4H3,(H,28,32). The number of rotatable bonds is 9. The molecular formula is C26H29FN4O4. The largest absolute Gasteiger partial charge is 0.493 e. The molecule has 1 aliphatic rings. The number of halogens is 1. The lowest BCUT2D eigenvalue weighted by Gasteiger charge is -2.35. The summed E-state index contributed by atoms with van der Waals surface area (Å²) >= 11 is 0. The van der Waals surface area contributed by atoms with E-state index in [4.69, 9.17) is 14.0 Å². The van der Waals surface area contributed by atoms with Crippen LogP contribution in [0.1, 0.15) is 50.6 Å². The maximum Gasteiger partial charge on any atom is 0.322 e. The molecule has 9 heteroatoms. The molecule has 1 aromatic heterocycles. The van der Waals surface area contributed by atoms with Crippen molar-refractivity contribution in [3.63, 3.8) is 0 Å². The van der Waals surface area contributed by atoms with Gasteiger partial charge in [0.25, 0.3) is 5.89 Å². The van der Waals surface area contributed by atoms with Crippen molar-refractivity contribution in [3.05, 3.63) is 65.4 Å². The molecule has 1 aliphatic heterocycles. The predicted molar refractivity (Wildman–Crippen MR) is 129 cm³/mol. The van der Waals surface area contributed by atoms with Gasteiger partial charge in [-0.2, -0.15) is 4.98 Å². The van der Waals surface area contributed by atoms with Crippen molar-refractivity contribution in [1.29, 1.82) is 0 Å². The van der Waals surface area contributed by atoms with Crippen molar-refractivity contribution < 1.29 is 23.2 Å². The van der Waals surface area contributed by atoms with Crippen LogP contribution in [0, 0.1) is 5.82 Å². The number of hydrogen-bond donors (Lipinski definition) is 1. The Labute approximate surface area is 203 Å². The van der Waals surface area contributed by atoms with Crippen LogP contribution < -0.4 is 14.8 Å². The van der Waals surface area contributed by atoms with Crippen molar-refractivity contribution in [2.75, 3.05) is 20.8 Å². The third kappa shape index (κ3) is 4.99. The first-order chi connectivity index (χ1) is 17.0. The zero-order valence-corrected chi connectivity index (χ0v) is 20.3. The summed E-state index contributed by atoms with van der Waals surface area (Å²) < 4.78 is 30.3. The smallest absolute Gasteiger partial charge is 0.322 e. The van der Waals surface area contributed by atoms with Gasteiger partial charge in [0.2, 0.25) is 5.82 Å². The fraction of sp³-hybridized carbons (Fsp3) is 0.346. The Bertz CT molecular complexity index is 1240. The molecule has 1 atom stereocenters. The van der Waals surface area contributed by atoms with Crippen LogP contribution in [0.2, 0.25) is 0 Å². The molecule has 2 amide bonds. The van der Waals surface area contributed by atoms with Gasteiger partial charge < -0.3 is 19.3 Å². The second-order valence-corrected chi connectivity index (χ2v) is 8.29. The predicted octanol–water partition coefficient (Wildman–Crippen LogP) is 5.58. The highest BCUT2D eigenvalue weighted by molar-refractivity contribution is 5.87. The summed E-state index contributed by atoms with van der Waals surface area (Å²) in [7, 11) is 3.12. The Hall–Kier alpha value is -3.88. The normalized spacial score (nSPS) is 15.9. The minimum absolute atomic E-state index is 0.202. The lowest BCUT2D eigenvalue weighted by molar-refractivity contribution is 0.204. The molecule has 0 aliphatic carbocycles. The zero-order chi connectivity index (χ0) is 24.9. The summed E-state index contributed by atoms with van der Waals surface area (Å²) in [5.41, 5.74) is 2.66. The molecule has 184 valence electrons. The third-order valence-corrected chi connectivity index (χ3v) is 6.06. The van der Waals surface area contributed by atoms with E-state index in [9.17, 15) is 9.18 Å². The number of aromatic nitrogens is 2. The highest BCUT2D eigenvalue weighted by atomic mass is 19.1. The number of nitrogens with one attached hydrogen (secondary N) is 1. The van der Waals surface area contributed by atoms with Gasteiger partial charge in [-0.3, -0.25) is 4.90 Å². The van der Waals surface area contributed by atoms with Crippen molar-refractivity contribution >= 4 is 11.6 Å². The van der Waals surface area contributed by atoms with Crippen LogP contribution in [-0.2, 0) is 0 Å². The maximum absolute atomic E-state index is 13.8. The molecule has 0 spiro atoms. The van der Waals surface area contributed by atoms with Gasteiger partial charge >= 0.3 is 6.03 Å². The van der Waals surface area contributed by atoms with Gasteiger partial charge in [-0.15, -0.1) is 0 Å². The number of unbranched alkanes of at least 4 members (excludes halogenated alkanes) is 2. The highest BCUT2D eigenvalue weighted by Crippen LogP contribution is 2.40. The molecule has 0 saturated carbocycles. The number of carbonyl (C=O) groups is 1. The number of hydrogen-bond acceptors (Lipinski definition) is 6. The second-order valence-electron chi connectivity index (χ2n) is 8.29. The molecule has 0 radical (unpaired) electrons. The molecule has 0 saturated heterocycles. The monoisotopic (exact) mass is 480 g/mol.